The maximum absolute atomic E-state index is 2.48. The van der Waals surface area contributed by atoms with Gasteiger partial charge in [0.15, 0.2) is 0 Å². The second-order valence-electron chi connectivity index (χ2n) is 7.80. The van der Waals surface area contributed by atoms with E-state index in [0.717, 1.165) is 0 Å². The fourth-order valence-electron chi connectivity index (χ4n) is 2.97. The summed E-state index contributed by atoms with van der Waals surface area (Å²) in [5, 5.41) is 1.73. The van der Waals surface area contributed by atoms with E-state index in [2.05, 4.69) is 70.8 Å². The highest BCUT2D eigenvalue weighted by atomic mass is 28.3. The Morgan fingerprint density at radius 1 is 1.06 bits per heavy atom. The van der Waals surface area contributed by atoms with Crippen molar-refractivity contribution >= 4 is 14.1 Å². The quantitative estimate of drug-likeness (QED) is 0.616. The van der Waals surface area contributed by atoms with E-state index < -0.39 is 8.07 Å². The van der Waals surface area contributed by atoms with E-state index in [-0.39, 0.29) is 0 Å². The third-order valence-electron chi connectivity index (χ3n) is 3.74. The molecule has 98 valence electrons. The average molecular weight is 258 g/mol. The van der Waals surface area contributed by atoms with Crippen molar-refractivity contribution in [2.24, 2.45) is 5.41 Å². The van der Waals surface area contributed by atoms with E-state index in [1.807, 2.05) is 0 Å². The molecule has 1 aromatic rings. The molecule has 0 spiro atoms. The molecular weight excluding hydrogens is 232 g/mol. The van der Waals surface area contributed by atoms with Gasteiger partial charge in [0.05, 0.1) is 8.07 Å². The molecule has 18 heavy (non-hydrogen) atoms. The van der Waals surface area contributed by atoms with Crippen LogP contribution in [0.1, 0.15) is 44.2 Å². The van der Waals surface area contributed by atoms with Crippen LogP contribution in [0.4, 0.5) is 0 Å². The fraction of sp³-hybridized carbons (Fsp3) is 0.529. The van der Waals surface area contributed by atoms with Gasteiger partial charge in [0, 0.05) is 5.92 Å². The Morgan fingerprint density at radius 3 is 2.22 bits per heavy atom. The smallest absolute Gasteiger partial charge is 0.0731 e. The summed E-state index contributed by atoms with van der Waals surface area (Å²) in [6, 6.07) is 8.96. The van der Waals surface area contributed by atoms with Gasteiger partial charge in [0.1, 0.15) is 0 Å². The van der Waals surface area contributed by atoms with E-state index in [0.29, 0.717) is 11.3 Å². The lowest BCUT2D eigenvalue weighted by molar-refractivity contribution is 0.360. The minimum absolute atomic E-state index is 0.390. The molecule has 0 amide bonds. The first-order chi connectivity index (χ1) is 8.18. The van der Waals surface area contributed by atoms with Crippen molar-refractivity contribution in [1.29, 1.82) is 0 Å². The standard InChI is InChI=1S/C17H26Si/c1-17(2,3)12-15-14-10-8-7-9-13(14)11-16(15)18(4,5)6/h7-11,15H,12H2,1-6H3. The average Bonchev–Trinajstić information content (AvgIpc) is 2.55. The van der Waals surface area contributed by atoms with Gasteiger partial charge in [-0.25, -0.2) is 0 Å². The van der Waals surface area contributed by atoms with Crippen molar-refractivity contribution in [3.8, 4) is 0 Å². The highest BCUT2D eigenvalue weighted by molar-refractivity contribution is 6.84. The molecule has 2 rings (SSSR count). The zero-order valence-electron chi connectivity index (χ0n) is 12.7. The van der Waals surface area contributed by atoms with Crippen molar-refractivity contribution in [3.05, 3.63) is 40.6 Å². The molecule has 0 aliphatic heterocycles. The van der Waals surface area contributed by atoms with Crippen LogP contribution in [0.5, 0.6) is 0 Å². The van der Waals surface area contributed by atoms with Crippen molar-refractivity contribution in [2.45, 2.75) is 52.8 Å². The number of benzene rings is 1. The minimum Gasteiger partial charge on any atom is -0.0731 e. The van der Waals surface area contributed by atoms with Gasteiger partial charge >= 0.3 is 0 Å². The van der Waals surface area contributed by atoms with Crippen LogP contribution in [-0.4, -0.2) is 8.07 Å². The molecule has 0 bridgehead atoms. The summed E-state index contributed by atoms with van der Waals surface area (Å²) in [4.78, 5) is 0. The molecule has 0 nitrogen and oxygen atoms in total. The maximum Gasteiger partial charge on any atom is 0.0732 e. The van der Waals surface area contributed by atoms with Gasteiger partial charge in [-0.1, -0.05) is 76.0 Å². The van der Waals surface area contributed by atoms with Crippen molar-refractivity contribution in [3.63, 3.8) is 0 Å². The first-order valence-electron chi connectivity index (χ1n) is 6.99. The highest BCUT2D eigenvalue weighted by Gasteiger charge is 2.35. The SMILES string of the molecule is CC(C)(C)CC1C([Si](C)(C)C)=Cc2ccccc21. The maximum atomic E-state index is 2.48. The van der Waals surface area contributed by atoms with E-state index in [4.69, 9.17) is 0 Å². The molecule has 0 saturated carbocycles. The Kier molecular flexibility index (Phi) is 3.31. The van der Waals surface area contributed by atoms with Gasteiger partial charge < -0.3 is 0 Å². The van der Waals surface area contributed by atoms with Gasteiger partial charge in [-0.15, -0.1) is 0 Å². The fourth-order valence-corrected chi connectivity index (χ4v) is 4.86. The molecule has 0 radical (unpaired) electrons. The second-order valence-corrected chi connectivity index (χ2v) is 12.9. The lowest BCUT2D eigenvalue weighted by Crippen LogP contribution is -2.28. The van der Waals surface area contributed by atoms with Crippen LogP contribution in [0.15, 0.2) is 29.5 Å². The monoisotopic (exact) mass is 258 g/mol. The molecule has 1 aliphatic rings. The predicted octanol–water partition coefficient (Wildman–Crippen LogP) is 5.48. The molecular formula is C17H26Si. The lowest BCUT2D eigenvalue weighted by Gasteiger charge is -2.31. The van der Waals surface area contributed by atoms with E-state index in [1.54, 1.807) is 10.8 Å². The zero-order valence-corrected chi connectivity index (χ0v) is 13.7. The van der Waals surface area contributed by atoms with E-state index in [1.165, 1.54) is 12.0 Å². The molecule has 0 saturated heterocycles. The van der Waals surface area contributed by atoms with Gasteiger partial charge in [0.2, 0.25) is 0 Å². The van der Waals surface area contributed by atoms with E-state index in [9.17, 15) is 0 Å². The Balaban J connectivity index is 2.43. The topological polar surface area (TPSA) is 0 Å². The molecule has 1 aliphatic carbocycles. The summed E-state index contributed by atoms with van der Waals surface area (Å²) in [5.74, 6) is 0.660. The third kappa shape index (κ3) is 2.77. The largest absolute Gasteiger partial charge is 0.0732 e. The Labute approximate surface area is 113 Å². The molecule has 1 heteroatoms. The Morgan fingerprint density at radius 2 is 1.67 bits per heavy atom. The van der Waals surface area contributed by atoms with Gasteiger partial charge in [0.25, 0.3) is 0 Å². The Hall–Kier alpha value is -0.823. The van der Waals surface area contributed by atoms with Crippen LogP contribution in [-0.2, 0) is 0 Å². The summed E-state index contributed by atoms with van der Waals surface area (Å²) in [6.45, 7) is 14.5. The third-order valence-corrected chi connectivity index (χ3v) is 5.97. The molecule has 1 atom stereocenters. The molecule has 1 aromatic carbocycles. The number of hydrogen-bond donors (Lipinski definition) is 0. The normalized spacial score (nSPS) is 19.7. The summed E-state index contributed by atoms with van der Waals surface area (Å²) in [5.41, 5.74) is 3.41. The molecule has 0 fully saturated rings. The molecule has 1 unspecified atom stereocenters. The number of allylic oxidation sites excluding steroid dienone is 1. The van der Waals surface area contributed by atoms with Crippen molar-refractivity contribution in [1.82, 2.24) is 0 Å². The van der Waals surface area contributed by atoms with Crippen LogP contribution in [0, 0.1) is 5.41 Å². The van der Waals surface area contributed by atoms with Gasteiger partial charge in [-0.2, -0.15) is 0 Å². The van der Waals surface area contributed by atoms with Gasteiger partial charge in [-0.05, 0) is 23.0 Å². The summed E-state index contributed by atoms with van der Waals surface area (Å²) in [6.07, 6.45) is 3.75. The number of fused-ring (bicyclic) bond motifs is 1. The van der Waals surface area contributed by atoms with Crippen LogP contribution >= 0.6 is 0 Å². The highest BCUT2D eigenvalue weighted by Crippen LogP contribution is 2.46. The van der Waals surface area contributed by atoms with E-state index >= 15 is 0 Å². The molecule has 0 N–H and O–H groups in total. The Bertz CT molecular complexity index is 469. The van der Waals surface area contributed by atoms with Crippen molar-refractivity contribution < 1.29 is 0 Å². The van der Waals surface area contributed by atoms with Crippen LogP contribution in [0.3, 0.4) is 0 Å². The lowest BCUT2D eigenvalue weighted by atomic mass is 9.82. The van der Waals surface area contributed by atoms with Crippen LogP contribution < -0.4 is 0 Å². The summed E-state index contributed by atoms with van der Waals surface area (Å²) < 4.78 is 0. The van der Waals surface area contributed by atoms with Gasteiger partial charge in [-0.3, -0.25) is 0 Å². The second kappa shape index (κ2) is 4.38. The van der Waals surface area contributed by atoms with Crippen LogP contribution in [0.25, 0.3) is 6.08 Å². The zero-order chi connectivity index (χ0) is 13.6. The first kappa shape index (κ1) is 13.6. The molecule has 0 heterocycles. The summed E-state index contributed by atoms with van der Waals surface area (Å²) >= 11 is 0. The minimum atomic E-state index is -1.22. The molecule has 0 aromatic heterocycles. The first-order valence-corrected chi connectivity index (χ1v) is 10.5. The predicted molar refractivity (Wildman–Crippen MR) is 84.6 cm³/mol. The number of hydrogen-bond acceptors (Lipinski definition) is 0. The number of rotatable bonds is 2. The summed E-state index contributed by atoms with van der Waals surface area (Å²) in [7, 11) is -1.22. The van der Waals surface area contributed by atoms with Crippen molar-refractivity contribution in [2.75, 3.05) is 0 Å². The van der Waals surface area contributed by atoms with Crippen LogP contribution in [0.2, 0.25) is 19.6 Å².